The second-order valence-electron chi connectivity index (χ2n) is 6.88. The van der Waals surface area contributed by atoms with Crippen molar-refractivity contribution in [2.24, 2.45) is 0 Å². The lowest BCUT2D eigenvalue weighted by Gasteiger charge is -2.14. The molecule has 10 heteroatoms. The summed E-state index contributed by atoms with van der Waals surface area (Å²) in [6.07, 6.45) is -6.37. The van der Waals surface area contributed by atoms with Crippen LogP contribution in [0.2, 0.25) is 0 Å². The number of anilines is 1. The Balaban J connectivity index is 1.56. The van der Waals surface area contributed by atoms with E-state index >= 15 is 0 Å². The zero-order chi connectivity index (χ0) is 23.0. The van der Waals surface area contributed by atoms with Gasteiger partial charge in [0, 0.05) is 5.92 Å². The van der Waals surface area contributed by atoms with Gasteiger partial charge in [0.1, 0.15) is 23.8 Å². The first-order chi connectivity index (χ1) is 15.2. The van der Waals surface area contributed by atoms with Gasteiger partial charge in [-0.25, -0.2) is 9.59 Å². The molecular weight excluding hydrogens is 429 g/mol. The predicted molar refractivity (Wildman–Crippen MR) is 104 cm³/mol. The van der Waals surface area contributed by atoms with Gasteiger partial charge < -0.3 is 14.3 Å². The number of fused-ring (bicyclic) bond motifs is 3. The van der Waals surface area contributed by atoms with Crippen molar-refractivity contribution in [2.45, 2.75) is 12.1 Å². The summed E-state index contributed by atoms with van der Waals surface area (Å²) >= 11 is 0. The monoisotopic (exact) mass is 442 g/mol. The van der Waals surface area contributed by atoms with Gasteiger partial charge in [-0.05, 0) is 22.3 Å². The number of benzene rings is 2. The summed E-state index contributed by atoms with van der Waals surface area (Å²) < 4.78 is 49.0. The van der Waals surface area contributed by atoms with Crippen molar-refractivity contribution in [1.82, 2.24) is 0 Å². The molecule has 1 heterocycles. The number of alkyl halides is 3. The van der Waals surface area contributed by atoms with E-state index in [1.54, 1.807) is 0 Å². The molecule has 0 unspecified atom stereocenters. The van der Waals surface area contributed by atoms with Gasteiger partial charge in [0.05, 0.1) is 0 Å². The van der Waals surface area contributed by atoms with Crippen LogP contribution >= 0.6 is 0 Å². The molecule has 0 bridgehead atoms. The molecule has 7 nitrogen and oxygen atoms in total. The molecule has 0 saturated heterocycles. The molecule has 0 saturated carbocycles. The van der Waals surface area contributed by atoms with Gasteiger partial charge in [0.15, 0.2) is 0 Å². The van der Waals surface area contributed by atoms with E-state index in [4.69, 9.17) is 15.1 Å². The van der Waals surface area contributed by atoms with E-state index in [1.165, 1.54) is 6.07 Å². The molecule has 1 amide bonds. The molecule has 0 fully saturated rings. The Hall–Kier alpha value is -4.26. The molecule has 3 aromatic rings. The molecule has 1 aromatic heterocycles. The molecule has 2 aromatic carbocycles. The number of furan rings is 1. The van der Waals surface area contributed by atoms with Crippen molar-refractivity contribution in [3.8, 4) is 17.2 Å². The van der Waals surface area contributed by atoms with Crippen molar-refractivity contribution in [3.05, 3.63) is 76.5 Å². The van der Waals surface area contributed by atoms with Crippen LogP contribution in [-0.4, -0.2) is 23.8 Å². The average Bonchev–Trinajstić information content (AvgIpc) is 3.28. The number of rotatable bonds is 4. The molecule has 1 aliphatic carbocycles. The van der Waals surface area contributed by atoms with Crippen LogP contribution in [0.5, 0.6) is 0 Å². The SMILES string of the molecule is N#Cc1c(NC(=O)OCC2c3ccccc3-c3ccccc32)oc(C(F)(F)F)c1C(=O)O. The van der Waals surface area contributed by atoms with Crippen LogP contribution in [0.15, 0.2) is 52.9 Å². The van der Waals surface area contributed by atoms with Gasteiger partial charge in [-0.2, -0.15) is 18.4 Å². The van der Waals surface area contributed by atoms with E-state index in [9.17, 15) is 22.8 Å². The fourth-order valence-electron chi connectivity index (χ4n) is 3.76. The number of nitrogens with one attached hydrogen (secondary N) is 1. The highest BCUT2D eigenvalue weighted by Crippen LogP contribution is 2.44. The van der Waals surface area contributed by atoms with Crippen molar-refractivity contribution < 1.29 is 37.0 Å². The highest BCUT2D eigenvalue weighted by Gasteiger charge is 2.43. The van der Waals surface area contributed by atoms with Gasteiger partial charge >= 0.3 is 18.2 Å². The number of aromatic carboxylic acids is 1. The van der Waals surface area contributed by atoms with Crippen LogP contribution in [-0.2, 0) is 10.9 Å². The van der Waals surface area contributed by atoms with E-state index in [2.05, 4.69) is 4.42 Å². The minimum absolute atomic E-state index is 0.139. The summed E-state index contributed by atoms with van der Waals surface area (Å²) in [7, 11) is 0. The molecule has 0 spiro atoms. The van der Waals surface area contributed by atoms with Crippen LogP contribution in [0.4, 0.5) is 23.8 Å². The molecule has 0 atom stereocenters. The Morgan fingerprint density at radius 2 is 1.66 bits per heavy atom. The molecule has 2 N–H and O–H groups in total. The second kappa shape index (κ2) is 7.77. The first-order valence-electron chi connectivity index (χ1n) is 9.21. The largest absolute Gasteiger partial charge is 0.478 e. The summed E-state index contributed by atoms with van der Waals surface area (Å²) in [5.41, 5.74) is 1.47. The fraction of sp³-hybridized carbons (Fsp3) is 0.136. The third kappa shape index (κ3) is 3.54. The van der Waals surface area contributed by atoms with Crippen LogP contribution in [0.1, 0.15) is 38.7 Å². The lowest BCUT2D eigenvalue weighted by atomic mass is 9.98. The maximum atomic E-state index is 13.1. The number of carboxylic acids is 1. The van der Waals surface area contributed by atoms with Crippen molar-refractivity contribution in [3.63, 3.8) is 0 Å². The molecular formula is C22H13F3N2O5. The molecule has 4 rings (SSSR count). The zero-order valence-corrected chi connectivity index (χ0v) is 16.1. The first kappa shape index (κ1) is 21.0. The van der Waals surface area contributed by atoms with E-state index in [-0.39, 0.29) is 12.5 Å². The number of carboxylic acid groups (broad SMARTS) is 1. The lowest BCUT2D eigenvalue weighted by Crippen LogP contribution is -2.18. The van der Waals surface area contributed by atoms with Crippen LogP contribution in [0.25, 0.3) is 11.1 Å². The van der Waals surface area contributed by atoms with E-state index in [1.807, 2.05) is 53.8 Å². The predicted octanol–water partition coefficient (Wildman–Crippen LogP) is 5.23. The topological polar surface area (TPSA) is 113 Å². The standard InChI is InChI=1S/C22H13F3N2O5/c23-22(24,25)18-17(20(28)29)15(9-26)19(32-18)27-21(30)31-10-16-13-7-3-1-5-11(13)12-6-2-4-8-14(12)16/h1-8,16H,10H2,(H,27,30)(H,28,29). The van der Waals surface area contributed by atoms with Crippen molar-refractivity contribution in [2.75, 3.05) is 11.9 Å². The Labute approximate surface area is 178 Å². The molecule has 0 aliphatic heterocycles. The number of nitrogens with zero attached hydrogens (tertiary/aromatic N) is 1. The highest BCUT2D eigenvalue weighted by molar-refractivity contribution is 5.96. The number of hydrogen-bond donors (Lipinski definition) is 2. The third-order valence-corrected chi connectivity index (χ3v) is 5.05. The number of amides is 1. The molecule has 162 valence electrons. The summed E-state index contributed by atoms with van der Waals surface area (Å²) in [4.78, 5) is 23.5. The van der Waals surface area contributed by atoms with Crippen LogP contribution in [0, 0.1) is 11.3 Å². The van der Waals surface area contributed by atoms with Gasteiger partial charge in [-0.15, -0.1) is 0 Å². The molecule has 1 aliphatic rings. The highest BCUT2D eigenvalue weighted by atomic mass is 19.4. The van der Waals surface area contributed by atoms with Gasteiger partial charge in [-0.1, -0.05) is 48.5 Å². The first-order valence-corrected chi connectivity index (χ1v) is 9.21. The van der Waals surface area contributed by atoms with Crippen molar-refractivity contribution in [1.29, 1.82) is 5.26 Å². The van der Waals surface area contributed by atoms with Crippen LogP contribution in [0.3, 0.4) is 0 Å². The Kier molecular flexibility index (Phi) is 5.10. The van der Waals surface area contributed by atoms with E-state index in [0.29, 0.717) is 0 Å². The maximum Gasteiger partial charge on any atom is 0.450 e. The minimum atomic E-state index is -5.18. The van der Waals surface area contributed by atoms with E-state index in [0.717, 1.165) is 22.3 Å². The average molecular weight is 442 g/mol. The normalized spacial score (nSPS) is 12.6. The van der Waals surface area contributed by atoms with Gasteiger partial charge in [0.2, 0.25) is 11.6 Å². The number of carbonyl (C=O) groups excluding carboxylic acids is 1. The molecule has 32 heavy (non-hydrogen) atoms. The second-order valence-corrected chi connectivity index (χ2v) is 6.88. The number of halogens is 3. The summed E-state index contributed by atoms with van der Waals surface area (Å²) in [6.45, 7) is -0.139. The number of carbonyl (C=O) groups is 2. The lowest BCUT2D eigenvalue weighted by molar-refractivity contribution is -0.153. The number of nitriles is 1. The number of ether oxygens (including phenoxy) is 1. The summed E-state index contributed by atoms with van der Waals surface area (Å²) in [5, 5.41) is 20.1. The van der Waals surface area contributed by atoms with Gasteiger partial charge in [-0.3, -0.25) is 5.32 Å². The fourth-order valence-corrected chi connectivity index (χ4v) is 3.76. The quantitative estimate of drug-likeness (QED) is 0.572. The molecule has 0 radical (unpaired) electrons. The van der Waals surface area contributed by atoms with E-state index < -0.39 is 41.0 Å². The minimum Gasteiger partial charge on any atom is -0.478 e. The summed E-state index contributed by atoms with van der Waals surface area (Å²) in [5.74, 6) is -5.16. The number of hydrogen-bond acceptors (Lipinski definition) is 5. The van der Waals surface area contributed by atoms with Crippen LogP contribution < -0.4 is 5.32 Å². The Morgan fingerprint density at radius 1 is 1.09 bits per heavy atom. The zero-order valence-electron chi connectivity index (χ0n) is 16.1. The van der Waals surface area contributed by atoms with Gasteiger partial charge in [0.25, 0.3) is 0 Å². The third-order valence-electron chi connectivity index (χ3n) is 5.05. The Bertz CT molecular complexity index is 1230. The van der Waals surface area contributed by atoms with Crippen molar-refractivity contribution >= 4 is 17.9 Å². The smallest absolute Gasteiger partial charge is 0.450 e. The summed E-state index contributed by atoms with van der Waals surface area (Å²) in [6, 6.07) is 16.4. The maximum absolute atomic E-state index is 13.1. The Morgan fingerprint density at radius 3 is 2.16 bits per heavy atom.